The lowest BCUT2D eigenvalue weighted by Crippen LogP contribution is -2.25. The fourth-order valence-electron chi connectivity index (χ4n) is 1.29. The van der Waals surface area contributed by atoms with E-state index in [2.05, 4.69) is 32.8 Å². The zero-order valence-electron chi connectivity index (χ0n) is 9.96. The normalized spacial score (nSPS) is 11.1. The Balaban J connectivity index is 3.09. The number of hydrogen-bond donors (Lipinski definition) is 1. The molecule has 1 amide bonds. The number of aliphatic imine (C=N–C) groups is 1. The van der Waals surface area contributed by atoms with Crippen molar-refractivity contribution in [2.75, 3.05) is 0 Å². The molecule has 3 nitrogen and oxygen atoms in total. The van der Waals surface area contributed by atoms with Gasteiger partial charge < -0.3 is 5.32 Å². The first-order valence-electron chi connectivity index (χ1n) is 5.21. The van der Waals surface area contributed by atoms with Gasteiger partial charge in [-0.25, -0.2) is 4.99 Å². The molecule has 17 heavy (non-hydrogen) atoms. The average molecular weight is 295 g/mol. The van der Waals surface area contributed by atoms with Gasteiger partial charge in [-0.2, -0.15) is 0 Å². The van der Waals surface area contributed by atoms with Crippen LogP contribution in [0.3, 0.4) is 0 Å². The first-order valence-corrected chi connectivity index (χ1v) is 6.33. The van der Waals surface area contributed by atoms with Crippen LogP contribution in [-0.4, -0.2) is 11.7 Å². The Morgan fingerprint density at radius 3 is 2.82 bits per heavy atom. The van der Waals surface area contributed by atoms with Gasteiger partial charge in [0.1, 0.15) is 5.84 Å². The number of rotatable bonds is 3. The molecular formula is C13H15BrN2O. The number of amides is 1. The highest BCUT2D eigenvalue weighted by Crippen LogP contribution is 2.21. The number of amidine groups is 1. The van der Waals surface area contributed by atoms with Crippen molar-refractivity contribution in [2.45, 2.75) is 19.2 Å². The molecule has 0 saturated heterocycles. The summed E-state index contributed by atoms with van der Waals surface area (Å²) in [6.07, 6.45) is 1.53. The molecule has 0 aliphatic rings. The van der Waals surface area contributed by atoms with Crippen molar-refractivity contribution in [3.05, 3.63) is 42.0 Å². The summed E-state index contributed by atoms with van der Waals surface area (Å²) in [5.41, 5.74) is 3.03. The molecule has 0 fully saturated rings. The van der Waals surface area contributed by atoms with Crippen molar-refractivity contribution in [3.8, 4) is 0 Å². The number of nitrogens with zero attached hydrogens (tertiary/aromatic N) is 1. The van der Waals surface area contributed by atoms with Crippen molar-refractivity contribution in [3.63, 3.8) is 0 Å². The summed E-state index contributed by atoms with van der Waals surface area (Å²) in [4.78, 5) is 15.3. The van der Waals surface area contributed by atoms with Gasteiger partial charge >= 0.3 is 0 Å². The van der Waals surface area contributed by atoms with Crippen LogP contribution in [0.2, 0.25) is 0 Å². The van der Waals surface area contributed by atoms with Crippen molar-refractivity contribution in [2.24, 2.45) is 4.99 Å². The highest BCUT2D eigenvalue weighted by atomic mass is 79.9. The Bertz CT molecular complexity index is 466. The molecule has 90 valence electrons. The lowest BCUT2D eigenvalue weighted by atomic mass is 10.1. The lowest BCUT2D eigenvalue weighted by molar-refractivity contribution is -0.117. The summed E-state index contributed by atoms with van der Waals surface area (Å²) in [5.74, 6) is 0.310. The van der Waals surface area contributed by atoms with Gasteiger partial charge in [-0.3, -0.25) is 4.79 Å². The maximum Gasteiger partial charge on any atom is 0.222 e. The van der Waals surface area contributed by atoms with Crippen LogP contribution in [0.5, 0.6) is 0 Å². The van der Waals surface area contributed by atoms with Crippen molar-refractivity contribution < 1.29 is 4.79 Å². The second-order valence-corrected chi connectivity index (χ2v) is 4.20. The number of alkyl halides is 1. The smallest absolute Gasteiger partial charge is 0.222 e. The molecule has 0 aromatic heterocycles. The first kappa shape index (κ1) is 13.6. The SMILES string of the molecule is C=CC(=Nc1cc(CBr)ccc1C)NC(C)=O. The summed E-state index contributed by atoms with van der Waals surface area (Å²) in [6, 6.07) is 6.02. The van der Waals surface area contributed by atoms with Crippen molar-refractivity contribution >= 4 is 33.4 Å². The summed E-state index contributed by atoms with van der Waals surface area (Å²) < 4.78 is 0. The average Bonchev–Trinajstić information content (AvgIpc) is 2.30. The highest BCUT2D eigenvalue weighted by Gasteiger charge is 2.01. The summed E-state index contributed by atoms with van der Waals surface area (Å²) in [7, 11) is 0. The third-order valence-electron chi connectivity index (χ3n) is 2.17. The van der Waals surface area contributed by atoms with Crippen LogP contribution in [0.4, 0.5) is 5.69 Å². The molecule has 0 heterocycles. The summed E-state index contributed by atoms with van der Waals surface area (Å²) in [5, 5.41) is 3.40. The molecule has 0 unspecified atom stereocenters. The van der Waals surface area contributed by atoms with Gasteiger partial charge in [0.25, 0.3) is 0 Å². The standard InChI is InChI=1S/C13H15BrN2O/c1-4-13(15-10(3)17)16-12-7-11(8-14)6-5-9(12)2/h4-7H,1,8H2,2-3H3,(H,15,16,17). The number of aryl methyl sites for hydroxylation is 1. The molecule has 1 N–H and O–H groups in total. The Morgan fingerprint density at radius 2 is 2.29 bits per heavy atom. The number of carbonyl (C=O) groups is 1. The van der Waals surface area contributed by atoms with Crippen LogP contribution < -0.4 is 5.32 Å². The zero-order valence-corrected chi connectivity index (χ0v) is 11.5. The second-order valence-electron chi connectivity index (χ2n) is 3.64. The van der Waals surface area contributed by atoms with Crippen LogP contribution in [0.15, 0.2) is 35.8 Å². The quantitative estimate of drug-likeness (QED) is 0.519. The van der Waals surface area contributed by atoms with Crippen LogP contribution in [-0.2, 0) is 10.1 Å². The van der Waals surface area contributed by atoms with E-state index in [4.69, 9.17) is 0 Å². The fraction of sp³-hybridized carbons (Fsp3) is 0.231. The van der Waals surface area contributed by atoms with E-state index < -0.39 is 0 Å². The van der Waals surface area contributed by atoms with Gasteiger partial charge in [0.15, 0.2) is 0 Å². The number of carbonyl (C=O) groups excluding carboxylic acids is 1. The maximum atomic E-state index is 11.0. The molecule has 4 heteroatoms. The summed E-state index contributed by atoms with van der Waals surface area (Å²) >= 11 is 3.40. The Kier molecular flexibility index (Phi) is 5.10. The Labute approximate surface area is 110 Å². The number of nitrogens with one attached hydrogen (secondary N) is 1. The topological polar surface area (TPSA) is 41.5 Å². The third kappa shape index (κ3) is 4.15. The molecule has 0 saturated carbocycles. The minimum atomic E-state index is -0.155. The van der Waals surface area contributed by atoms with Crippen LogP contribution >= 0.6 is 15.9 Å². The summed E-state index contributed by atoms with van der Waals surface area (Å²) in [6.45, 7) is 7.05. The first-order chi connectivity index (χ1) is 8.06. The second kappa shape index (κ2) is 6.35. The number of halogens is 1. The van der Waals surface area contributed by atoms with Gasteiger partial charge in [-0.05, 0) is 30.2 Å². The van der Waals surface area contributed by atoms with Gasteiger partial charge in [0.2, 0.25) is 5.91 Å². The van der Waals surface area contributed by atoms with E-state index in [9.17, 15) is 4.79 Å². The molecule has 0 aliphatic carbocycles. The molecule has 1 aromatic rings. The lowest BCUT2D eigenvalue weighted by Gasteiger charge is -2.06. The van der Waals surface area contributed by atoms with Gasteiger partial charge in [0.05, 0.1) is 5.69 Å². The van der Waals surface area contributed by atoms with Gasteiger partial charge in [0, 0.05) is 12.3 Å². The minimum absolute atomic E-state index is 0.155. The van der Waals surface area contributed by atoms with Crippen LogP contribution in [0.25, 0.3) is 0 Å². The van der Waals surface area contributed by atoms with E-state index in [1.165, 1.54) is 13.0 Å². The van der Waals surface area contributed by atoms with Crippen LogP contribution in [0, 0.1) is 6.92 Å². The zero-order chi connectivity index (χ0) is 12.8. The molecular weight excluding hydrogens is 280 g/mol. The molecule has 0 radical (unpaired) electrons. The van der Waals surface area contributed by atoms with E-state index in [1.807, 2.05) is 25.1 Å². The molecule has 0 aliphatic heterocycles. The maximum absolute atomic E-state index is 11.0. The number of hydrogen-bond acceptors (Lipinski definition) is 2. The van der Waals surface area contributed by atoms with E-state index in [0.29, 0.717) is 5.84 Å². The largest absolute Gasteiger partial charge is 0.311 e. The molecule has 0 atom stereocenters. The van der Waals surface area contributed by atoms with E-state index in [0.717, 1.165) is 22.1 Å². The van der Waals surface area contributed by atoms with Gasteiger partial charge in [-0.1, -0.05) is 34.6 Å². The predicted octanol–water partition coefficient (Wildman–Crippen LogP) is 3.24. The van der Waals surface area contributed by atoms with Crippen molar-refractivity contribution in [1.82, 2.24) is 5.32 Å². The molecule has 1 rings (SSSR count). The van der Waals surface area contributed by atoms with E-state index in [1.54, 1.807) is 0 Å². The molecule has 0 bridgehead atoms. The molecule has 0 spiro atoms. The highest BCUT2D eigenvalue weighted by molar-refractivity contribution is 9.08. The Hall–Kier alpha value is -1.42. The van der Waals surface area contributed by atoms with E-state index >= 15 is 0 Å². The third-order valence-corrected chi connectivity index (χ3v) is 2.81. The van der Waals surface area contributed by atoms with Gasteiger partial charge in [-0.15, -0.1) is 0 Å². The predicted molar refractivity (Wildman–Crippen MR) is 74.9 cm³/mol. The number of benzene rings is 1. The molecule has 1 aromatic carbocycles. The Morgan fingerprint density at radius 1 is 1.59 bits per heavy atom. The monoisotopic (exact) mass is 294 g/mol. The van der Waals surface area contributed by atoms with Crippen molar-refractivity contribution in [1.29, 1.82) is 0 Å². The van der Waals surface area contributed by atoms with E-state index in [-0.39, 0.29) is 5.91 Å². The van der Waals surface area contributed by atoms with Crippen LogP contribution in [0.1, 0.15) is 18.1 Å². The fourth-order valence-corrected chi connectivity index (χ4v) is 1.64. The minimum Gasteiger partial charge on any atom is -0.311 e.